The van der Waals surface area contributed by atoms with Crippen LogP contribution in [-0.2, 0) is 6.54 Å². The molecule has 1 radical (unpaired) electrons. The molecule has 1 fully saturated rings. The van der Waals surface area contributed by atoms with Gasteiger partial charge in [0.15, 0.2) is 0 Å². The second-order valence-electron chi connectivity index (χ2n) is 2.87. The van der Waals surface area contributed by atoms with Crippen molar-refractivity contribution in [2.24, 2.45) is 0 Å². The van der Waals surface area contributed by atoms with Crippen LogP contribution in [0, 0.1) is 6.20 Å². The quantitative estimate of drug-likeness (QED) is 0.632. The molecule has 1 N–H and O–H groups in total. The second kappa shape index (κ2) is 1.83. The number of nitrogens with zero attached hydrogens (tertiary/aromatic N) is 2. The van der Waals surface area contributed by atoms with Gasteiger partial charge in [-0.3, -0.25) is 4.68 Å². The lowest BCUT2D eigenvalue weighted by molar-refractivity contribution is 0.125. The van der Waals surface area contributed by atoms with Crippen molar-refractivity contribution in [3.8, 4) is 0 Å². The summed E-state index contributed by atoms with van der Waals surface area (Å²) in [7, 11) is 0. The van der Waals surface area contributed by atoms with Gasteiger partial charge in [0.2, 0.25) is 0 Å². The van der Waals surface area contributed by atoms with Crippen molar-refractivity contribution < 1.29 is 5.11 Å². The lowest BCUT2D eigenvalue weighted by Gasteiger charge is -2.05. The Hall–Kier alpha value is -0.830. The molecule has 3 heteroatoms. The fraction of sp³-hybridized carbons (Fsp3) is 0.571. The Morgan fingerprint density at radius 1 is 1.70 bits per heavy atom. The molecule has 1 aromatic heterocycles. The monoisotopic (exact) mass is 137 g/mol. The van der Waals surface area contributed by atoms with Crippen LogP contribution < -0.4 is 0 Å². The molecule has 0 atom stereocenters. The fourth-order valence-corrected chi connectivity index (χ4v) is 0.952. The molecule has 0 aromatic carbocycles. The Kier molecular flexibility index (Phi) is 1.08. The Morgan fingerprint density at radius 2 is 2.50 bits per heavy atom. The molecular formula is C7H9N2O. The summed E-state index contributed by atoms with van der Waals surface area (Å²) in [4.78, 5) is 0. The number of rotatable bonds is 2. The zero-order valence-electron chi connectivity index (χ0n) is 5.62. The molecule has 1 aromatic rings. The van der Waals surface area contributed by atoms with Crippen molar-refractivity contribution in [1.29, 1.82) is 0 Å². The van der Waals surface area contributed by atoms with Crippen LogP contribution in [0.1, 0.15) is 12.8 Å². The summed E-state index contributed by atoms with van der Waals surface area (Å²) in [5.74, 6) is 0. The minimum atomic E-state index is -0.445. The predicted molar refractivity (Wildman–Crippen MR) is 35.2 cm³/mol. The van der Waals surface area contributed by atoms with E-state index < -0.39 is 5.60 Å². The summed E-state index contributed by atoms with van der Waals surface area (Å²) in [6.45, 7) is 0.622. The molecule has 53 valence electrons. The third-order valence-corrected chi connectivity index (χ3v) is 1.79. The summed E-state index contributed by atoms with van der Waals surface area (Å²) < 4.78 is 1.72. The van der Waals surface area contributed by atoms with Crippen LogP contribution in [-0.4, -0.2) is 20.5 Å². The van der Waals surface area contributed by atoms with E-state index in [1.165, 1.54) is 0 Å². The van der Waals surface area contributed by atoms with Crippen LogP contribution in [0.15, 0.2) is 12.3 Å². The first-order valence-corrected chi connectivity index (χ1v) is 3.40. The van der Waals surface area contributed by atoms with Gasteiger partial charge >= 0.3 is 0 Å². The Bertz CT molecular complexity index is 214. The third-order valence-electron chi connectivity index (χ3n) is 1.79. The van der Waals surface area contributed by atoms with E-state index in [0.717, 1.165) is 12.8 Å². The Balaban J connectivity index is 2.04. The number of aromatic nitrogens is 2. The van der Waals surface area contributed by atoms with Gasteiger partial charge in [0.1, 0.15) is 6.20 Å². The molecule has 0 aliphatic heterocycles. The van der Waals surface area contributed by atoms with E-state index in [2.05, 4.69) is 11.3 Å². The Morgan fingerprint density at radius 3 is 3.00 bits per heavy atom. The van der Waals surface area contributed by atoms with Crippen molar-refractivity contribution in [1.82, 2.24) is 9.78 Å². The van der Waals surface area contributed by atoms with Crippen LogP contribution in [0.4, 0.5) is 0 Å². The van der Waals surface area contributed by atoms with Crippen LogP contribution in [0.2, 0.25) is 0 Å². The van der Waals surface area contributed by atoms with Crippen molar-refractivity contribution in [3.05, 3.63) is 18.5 Å². The zero-order valence-corrected chi connectivity index (χ0v) is 5.62. The van der Waals surface area contributed by atoms with E-state index in [0.29, 0.717) is 6.54 Å². The van der Waals surface area contributed by atoms with Gasteiger partial charge in [-0.15, -0.1) is 0 Å². The molecule has 1 saturated carbocycles. The molecule has 0 spiro atoms. The topological polar surface area (TPSA) is 38.0 Å². The SMILES string of the molecule is OC1(Cn2cc[c]n2)CC1. The molecule has 1 aliphatic carbocycles. The van der Waals surface area contributed by atoms with Gasteiger partial charge in [-0.1, -0.05) is 0 Å². The lowest BCUT2D eigenvalue weighted by Crippen LogP contribution is -2.16. The maximum absolute atomic E-state index is 9.43. The van der Waals surface area contributed by atoms with Crippen LogP contribution in [0.5, 0.6) is 0 Å². The van der Waals surface area contributed by atoms with Crippen molar-refractivity contribution >= 4 is 0 Å². The van der Waals surface area contributed by atoms with Crippen LogP contribution in [0.25, 0.3) is 0 Å². The van der Waals surface area contributed by atoms with Gasteiger partial charge in [0, 0.05) is 6.20 Å². The lowest BCUT2D eigenvalue weighted by atomic mass is 10.3. The fourth-order valence-electron chi connectivity index (χ4n) is 0.952. The average molecular weight is 137 g/mol. The highest BCUT2D eigenvalue weighted by Crippen LogP contribution is 2.36. The largest absolute Gasteiger partial charge is 0.388 e. The first-order chi connectivity index (χ1) is 4.79. The summed E-state index contributed by atoms with van der Waals surface area (Å²) >= 11 is 0. The van der Waals surface area contributed by atoms with E-state index in [1.807, 2.05) is 6.20 Å². The van der Waals surface area contributed by atoms with Crippen LogP contribution in [0.3, 0.4) is 0 Å². The van der Waals surface area contributed by atoms with Gasteiger partial charge in [0.25, 0.3) is 0 Å². The number of aliphatic hydroxyl groups is 1. The standard InChI is InChI=1S/C7H9N2O/c10-7(2-3-7)6-9-5-1-4-8-9/h1,5,10H,2-3,6H2. The first kappa shape index (κ1) is 5.92. The summed E-state index contributed by atoms with van der Waals surface area (Å²) in [5.41, 5.74) is -0.445. The third kappa shape index (κ3) is 1.04. The molecule has 2 rings (SSSR count). The van der Waals surface area contributed by atoms with Gasteiger partial charge in [-0.05, 0) is 18.9 Å². The zero-order chi connectivity index (χ0) is 7.03. The highest BCUT2D eigenvalue weighted by atomic mass is 16.3. The normalized spacial score (nSPS) is 20.9. The molecule has 0 amide bonds. The Labute approximate surface area is 59.3 Å². The molecule has 3 nitrogen and oxygen atoms in total. The maximum atomic E-state index is 9.43. The van der Waals surface area contributed by atoms with Crippen molar-refractivity contribution in [2.45, 2.75) is 25.0 Å². The summed E-state index contributed by atoms with van der Waals surface area (Å²) in [6, 6.07) is 1.74. The molecule has 0 saturated heterocycles. The van der Waals surface area contributed by atoms with E-state index in [4.69, 9.17) is 0 Å². The van der Waals surface area contributed by atoms with Gasteiger partial charge in [0.05, 0.1) is 12.1 Å². The molecule has 0 bridgehead atoms. The van der Waals surface area contributed by atoms with Gasteiger partial charge in [-0.25, -0.2) is 0 Å². The molecule has 1 heterocycles. The molecular weight excluding hydrogens is 128 g/mol. The van der Waals surface area contributed by atoms with E-state index in [1.54, 1.807) is 10.7 Å². The number of hydrogen-bond donors (Lipinski definition) is 1. The van der Waals surface area contributed by atoms with Gasteiger partial charge < -0.3 is 5.11 Å². The highest BCUT2D eigenvalue weighted by Gasteiger charge is 2.40. The minimum Gasteiger partial charge on any atom is -0.388 e. The summed E-state index contributed by atoms with van der Waals surface area (Å²) in [6.07, 6.45) is 6.32. The van der Waals surface area contributed by atoms with Gasteiger partial charge in [-0.2, -0.15) is 5.10 Å². The maximum Gasteiger partial charge on any atom is 0.113 e. The molecule has 10 heavy (non-hydrogen) atoms. The van der Waals surface area contributed by atoms with Crippen molar-refractivity contribution in [2.75, 3.05) is 0 Å². The number of hydrogen-bond acceptors (Lipinski definition) is 2. The smallest absolute Gasteiger partial charge is 0.113 e. The van der Waals surface area contributed by atoms with E-state index in [9.17, 15) is 5.11 Å². The van der Waals surface area contributed by atoms with E-state index >= 15 is 0 Å². The summed E-state index contributed by atoms with van der Waals surface area (Å²) in [5, 5.41) is 13.3. The second-order valence-corrected chi connectivity index (χ2v) is 2.87. The van der Waals surface area contributed by atoms with Crippen molar-refractivity contribution in [3.63, 3.8) is 0 Å². The predicted octanol–water partition coefficient (Wildman–Crippen LogP) is 0.208. The van der Waals surface area contributed by atoms with Crippen LogP contribution >= 0.6 is 0 Å². The average Bonchev–Trinajstić information content (AvgIpc) is 2.47. The highest BCUT2D eigenvalue weighted by molar-refractivity contribution is 4.93. The first-order valence-electron chi connectivity index (χ1n) is 3.40. The van der Waals surface area contributed by atoms with E-state index in [-0.39, 0.29) is 0 Å². The molecule has 1 aliphatic rings. The molecule has 0 unspecified atom stereocenters. The minimum absolute atomic E-state index is 0.445.